The summed E-state index contributed by atoms with van der Waals surface area (Å²) in [5, 5.41) is 20.7. The molecule has 0 saturated carbocycles. The third-order valence-electron chi connectivity index (χ3n) is 6.85. The zero-order chi connectivity index (χ0) is 30.1. The lowest BCUT2D eigenvalue weighted by Crippen LogP contribution is -2.42. The highest BCUT2D eigenvalue weighted by Gasteiger charge is 2.32. The number of anilines is 1. The minimum Gasteiger partial charge on any atom is -0.493 e. The first kappa shape index (κ1) is 29.7. The molecule has 0 aliphatic rings. The van der Waals surface area contributed by atoms with Gasteiger partial charge in [-0.1, -0.05) is 66.7 Å². The molecule has 2 atom stereocenters. The standard InChI is InChI=1S/C33H34N4O5/c1-22(24-11-7-4-8-12-24)37(20-30(38)39)33(40)31(36-27-16-13-25(14-17-27)32(34)35)26-15-18-28(29(19-26)41-2)42-21-23-9-5-3-6-10-23/h3-19,22,31,36H,20-21H2,1-2H3,(H3,34,35)(H,38,39)/t22-,31+/m1/s1. The third kappa shape index (κ3) is 7.45. The Morgan fingerprint density at radius 3 is 2.14 bits per heavy atom. The predicted molar refractivity (Wildman–Crippen MR) is 162 cm³/mol. The topological polar surface area (TPSA) is 138 Å². The third-order valence-corrected chi connectivity index (χ3v) is 6.85. The van der Waals surface area contributed by atoms with Crippen molar-refractivity contribution in [2.75, 3.05) is 19.0 Å². The molecule has 9 heteroatoms. The van der Waals surface area contributed by atoms with E-state index in [1.54, 1.807) is 49.4 Å². The van der Waals surface area contributed by atoms with Crippen LogP contribution in [0.5, 0.6) is 11.5 Å². The number of hydrogen-bond donors (Lipinski definition) is 4. The molecule has 1 amide bonds. The van der Waals surface area contributed by atoms with Crippen molar-refractivity contribution in [2.45, 2.75) is 25.6 Å². The number of amidine groups is 1. The number of carbonyl (C=O) groups is 2. The second-order valence-corrected chi connectivity index (χ2v) is 9.70. The molecule has 0 radical (unpaired) electrons. The first-order valence-corrected chi connectivity index (χ1v) is 13.4. The maximum atomic E-state index is 14.2. The second kappa shape index (κ2) is 13.8. The van der Waals surface area contributed by atoms with Crippen LogP contribution in [0.25, 0.3) is 0 Å². The number of nitrogen functional groups attached to an aromatic ring is 1. The molecule has 0 spiro atoms. The monoisotopic (exact) mass is 566 g/mol. The average Bonchev–Trinajstić information content (AvgIpc) is 3.02. The Morgan fingerprint density at radius 1 is 0.905 bits per heavy atom. The zero-order valence-electron chi connectivity index (χ0n) is 23.5. The van der Waals surface area contributed by atoms with Gasteiger partial charge in [-0.05, 0) is 60.0 Å². The van der Waals surface area contributed by atoms with Crippen LogP contribution in [0, 0.1) is 5.41 Å². The number of carboxylic acids is 1. The number of benzene rings is 4. The van der Waals surface area contributed by atoms with E-state index in [9.17, 15) is 14.7 Å². The van der Waals surface area contributed by atoms with Crippen LogP contribution in [0.4, 0.5) is 5.69 Å². The maximum Gasteiger partial charge on any atom is 0.323 e. The van der Waals surface area contributed by atoms with Crippen molar-refractivity contribution in [3.8, 4) is 11.5 Å². The van der Waals surface area contributed by atoms with Crippen molar-refractivity contribution in [3.05, 3.63) is 125 Å². The van der Waals surface area contributed by atoms with Gasteiger partial charge in [0.15, 0.2) is 11.5 Å². The smallest absolute Gasteiger partial charge is 0.323 e. The SMILES string of the molecule is COc1cc([C@H](Nc2ccc(C(=N)N)cc2)C(=O)N(CC(=O)O)[C@H](C)c2ccccc2)ccc1OCc1ccccc1. The van der Waals surface area contributed by atoms with E-state index in [4.69, 9.17) is 20.6 Å². The van der Waals surface area contributed by atoms with Gasteiger partial charge in [-0.25, -0.2) is 0 Å². The fourth-order valence-corrected chi connectivity index (χ4v) is 4.55. The van der Waals surface area contributed by atoms with Crippen LogP contribution in [0.3, 0.4) is 0 Å². The number of amides is 1. The Balaban J connectivity index is 1.71. The van der Waals surface area contributed by atoms with Gasteiger partial charge >= 0.3 is 5.97 Å². The van der Waals surface area contributed by atoms with Crippen LogP contribution in [-0.4, -0.2) is 41.4 Å². The number of nitrogens with zero attached hydrogens (tertiary/aromatic N) is 1. The highest BCUT2D eigenvalue weighted by atomic mass is 16.5. The summed E-state index contributed by atoms with van der Waals surface area (Å²) in [6, 6.07) is 29.5. The summed E-state index contributed by atoms with van der Waals surface area (Å²) >= 11 is 0. The van der Waals surface area contributed by atoms with Crippen molar-refractivity contribution in [1.29, 1.82) is 5.41 Å². The Hall–Kier alpha value is -5.31. The van der Waals surface area contributed by atoms with Gasteiger partial charge in [-0.3, -0.25) is 15.0 Å². The fourth-order valence-electron chi connectivity index (χ4n) is 4.55. The maximum absolute atomic E-state index is 14.2. The summed E-state index contributed by atoms with van der Waals surface area (Å²) in [7, 11) is 1.52. The van der Waals surface area contributed by atoms with Gasteiger partial charge in [0.1, 0.15) is 25.0 Å². The fraction of sp³-hybridized carbons (Fsp3) is 0.182. The second-order valence-electron chi connectivity index (χ2n) is 9.70. The van der Waals surface area contributed by atoms with Crippen LogP contribution in [0.2, 0.25) is 0 Å². The number of nitrogens with one attached hydrogen (secondary N) is 2. The number of nitrogens with two attached hydrogens (primary N) is 1. The number of hydrogen-bond acceptors (Lipinski definition) is 6. The normalized spacial score (nSPS) is 12.0. The van der Waals surface area contributed by atoms with E-state index in [0.29, 0.717) is 34.9 Å². The molecule has 4 rings (SSSR count). The van der Waals surface area contributed by atoms with Crippen molar-refractivity contribution < 1.29 is 24.2 Å². The van der Waals surface area contributed by atoms with Crippen LogP contribution in [-0.2, 0) is 16.2 Å². The summed E-state index contributed by atoms with van der Waals surface area (Å²) in [5.74, 6) is -0.713. The molecule has 216 valence electrons. The number of ether oxygens (including phenoxy) is 2. The molecule has 0 saturated heterocycles. The lowest BCUT2D eigenvalue weighted by Gasteiger charge is -2.32. The summed E-state index contributed by atoms with van der Waals surface area (Å²) in [6.07, 6.45) is 0. The van der Waals surface area contributed by atoms with Crippen LogP contribution >= 0.6 is 0 Å². The van der Waals surface area contributed by atoms with E-state index in [1.165, 1.54) is 12.0 Å². The Morgan fingerprint density at radius 2 is 1.55 bits per heavy atom. The summed E-state index contributed by atoms with van der Waals surface area (Å²) in [5.41, 5.74) is 9.08. The molecular weight excluding hydrogens is 532 g/mol. The molecule has 4 aromatic rings. The first-order chi connectivity index (χ1) is 20.3. The number of carbonyl (C=O) groups excluding carboxylic acids is 1. The number of aliphatic carboxylic acids is 1. The minimum absolute atomic E-state index is 0.0747. The van der Waals surface area contributed by atoms with E-state index in [0.717, 1.165) is 11.1 Å². The van der Waals surface area contributed by atoms with E-state index in [1.807, 2.05) is 60.7 Å². The van der Waals surface area contributed by atoms with E-state index >= 15 is 0 Å². The summed E-state index contributed by atoms with van der Waals surface area (Å²) < 4.78 is 11.6. The van der Waals surface area contributed by atoms with Crippen molar-refractivity contribution in [3.63, 3.8) is 0 Å². The largest absolute Gasteiger partial charge is 0.493 e. The van der Waals surface area contributed by atoms with Gasteiger partial charge in [0.25, 0.3) is 5.91 Å². The molecule has 0 fully saturated rings. The highest BCUT2D eigenvalue weighted by molar-refractivity contribution is 5.95. The Labute approximate surface area is 245 Å². The quantitative estimate of drug-likeness (QED) is 0.126. The molecule has 0 aliphatic heterocycles. The molecule has 0 aliphatic carbocycles. The summed E-state index contributed by atoms with van der Waals surface area (Å²) in [6.45, 7) is 1.64. The van der Waals surface area contributed by atoms with Crippen LogP contribution in [0.1, 0.15) is 41.3 Å². The van der Waals surface area contributed by atoms with Gasteiger partial charge < -0.3 is 30.5 Å². The molecule has 0 heterocycles. The Bertz CT molecular complexity index is 1510. The van der Waals surface area contributed by atoms with Gasteiger partial charge in [0, 0.05) is 11.3 Å². The van der Waals surface area contributed by atoms with Gasteiger partial charge in [-0.15, -0.1) is 0 Å². The van der Waals surface area contributed by atoms with Gasteiger partial charge in [0.2, 0.25) is 0 Å². The zero-order valence-corrected chi connectivity index (χ0v) is 23.5. The van der Waals surface area contributed by atoms with E-state index in [-0.39, 0.29) is 5.84 Å². The van der Waals surface area contributed by atoms with Gasteiger partial charge in [0.05, 0.1) is 13.2 Å². The lowest BCUT2D eigenvalue weighted by molar-refractivity contribution is -0.146. The number of carboxylic acid groups (broad SMARTS) is 1. The predicted octanol–water partition coefficient (Wildman–Crippen LogP) is 5.39. The van der Waals surface area contributed by atoms with Gasteiger partial charge in [-0.2, -0.15) is 0 Å². The molecule has 9 nitrogen and oxygen atoms in total. The van der Waals surface area contributed by atoms with Crippen molar-refractivity contribution >= 4 is 23.4 Å². The van der Waals surface area contributed by atoms with E-state index < -0.39 is 30.5 Å². The summed E-state index contributed by atoms with van der Waals surface area (Å²) in [4.78, 5) is 27.5. The minimum atomic E-state index is -1.13. The molecule has 5 N–H and O–H groups in total. The van der Waals surface area contributed by atoms with Crippen molar-refractivity contribution in [1.82, 2.24) is 4.90 Å². The lowest BCUT2D eigenvalue weighted by atomic mass is 10.0. The number of methoxy groups -OCH3 is 1. The average molecular weight is 567 g/mol. The van der Waals surface area contributed by atoms with Crippen LogP contribution < -0.4 is 20.5 Å². The van der Waals surface area contributed by atoms with Crippen LogP contribution in [0.15, 0.2) is 103 Å². The molecule has 42 heavy (non-hydrogen) atoms. The van der Waals surface area contributed by atoms with Crippen molar-refractivity contribution in [2.24, 2.45) is 5.73 Å². The highest BCUT2D eigenvalue weighted by Crippen LogP contribution is 2.34. The Kier molecular flexibility index (Phi) is 9.78. The molecule has 0 unspecified atom stereocenters. The number of rotatable bonds is 13. The first-order valence-electron chi connectivity index (χ1n) is 13.4. The molecule has 0 bridgehead atoms. The molecule has 0 aromatic heterocycles. The van der Waals surface area contributed by atoms with E-state index in [2.05, 4.69) is 5.32 Å². The molecule has 4 aromatic carbocycles. The molecular formula is C33H34N4O5.